The number of carbonyl (C=O) groups excluding carboxylic acids is 1. The summed E-state index contributed by atoms with van der Waals surface area (Å²) in [4.78, 5) is 37.9. The first kappa shape index (κ1) is 29.7. The van der Waals surface area contributed by atoms with Gasteiger partial charge in [0.25, 0.3) is 11.5 Å². The number of carbonyl (C=O) groups is 1. The molecule has 3 aromatic heterocycles. The van der Waals surface area contributed by atoms with Crippen molar-refractivity contribution in [2.45, 2.75) is 46.0 Å². The van der Waals surface area contributed by atoms with Crippen LogP contribution in [0.3, 0.4) is 0 Å². The molecule has 0 radical (unpaired) electrons. The maximum Gasteiger partial charge on any atom is 0.417 e. The predicted octanol–water partition coefficient (Wildman–Crippen LogP) is 5.57. The lowest BCUT2D eigenvalue weighted by Crippen LogP contribution is -2.46. The molecule has 0 fully saturated rings. The molecule has 15 heteroatoms. The average molecular weight is 676 g/mol. The first-order valence-corrected chi connectivity index (χ1v) is 14.1. The maximum absolute atomic E-state index is 15.3. The fourth-order valence-electron chi connectivity index (χ4n) is 5.51. The SMILES string of the molecule is Cc1nn(-c2nc3c(c(=O)n2-c2cc(F)c4c(c2)ncn4C)CC(C)N(C(=O)c2ccc(Br)c(C(F)(F)F)c2)C3)c(C)c1F. The Morgan fingerprint density at radius 2 is 1.84 bits per heavy atom. The molecule has 228 valence electrons. The molecular formula is C29H23BrF5N7O2. The van der Waals surface area contributed by atoms with Crippen molar-refractivity contribution in [3.05, 3.63) is 96.9 Å². The Morgan fingerprint density at radius 1 is 1.11 bits per heavy atom. The number of amides is 1. The minimum absolute atomic E-state index is 0.00956. The second-order valence-electron chi connectivity index (χ2n) is 10.7. The third kappa shape index (κ3) is 4.69. The van der Waals surface area contributed by atoms with Crippen LogP contribution in [0.4, 0.5) is 22.0 Å². The molecule has 1 amide bonds. The molecule has 1 aliphatic heterocycles. The van der Waals surface area contributed by atoms with E-state index in [1.54, 1.807) is 14.0 Å². The number of hydrogen-bond donors (Lipinski definition) is 0. The monoisotopic (exact) mass is 675 g/mol. The van der Waals surface area contributed by atoms with E-state index in [0.29, 0.717) is 0 Å². The summed E-state index contributed by atoms with van der Waals surface area (Å²) in [6.07, 6.45) is -3.25. The number of imidazole rings is 1. The summed E-state index contributed by atoms with van der Waals surface area (Å²) in [5.74, 6) is -2.12. The number of aromatic nitrogens is 6. The number of aryl methyl sites for hydroxylation is 2. The summed E-state index contributed by atoms with van der Waals surface area (Å²) in [6, 6.07) is 5.26. The maximum atomic E-state index is 15.3. The van der Waals surface area contributed by atoms with Crippen LogP contribution in [-0.2, 0) is 26.2 Å². The first-order chi connectivity index (χ1) is 20.7. The molecular weight excluding hydrogens is 653 g/mol. The second kappa shape index (κ2) is 10.4. The molecule has 0 saturated carbocycles. The molecule has 9 nitrogen and oxygen atoms in total. The van der Waals surface area contributed by atoms with Gasteiger partial charge in [-0.3, -0.25) is 9.59 Å². The predicted molar refractivity (Wildman–Crippen MR) is 153 cm³/mol. The summed E-state index contributed by atoms with van der Waals surface area (Å²) < 4.78 is 74.3. The van der Waals surface area contributed by atoms with Crippen molar-refractivity contribution >= 4 is 32.9 Å². The molecule has 6 rings (SSSR count). The topological polar surface area (TPSA) is 90.8 Å². The summed E-state index contributed by atoms with van der Waals surface area (Å²) >= 11 is 2.88. The smallest absolute Gasteiger partial charge is 0.331 e. The van der Waals surface area contributed by atoms with Crippen LogP contribution in [0.1, 0.15) is 45.5 Å². The van der Waals surface area contributed by atoms with E-state index in [-0.39, 0.29) is 68.3 Å². The van der Waals surface area contributed by atoms with E-state index in [1.807, 2.05) is 0 Å². The molecule has 4 heterocycles. The van der Waals surface area contributed by atoms with E-state index in [0.717, 1.165) is 27.4 Å². The highest BCUT2D eigenvalue weighted by atomic mass is 79.9. The van der Waals surface area contributed by atoms with Crippen LogP contribution in [0.25, 0.3) is 22.7 Å². The van der Waals surface area contributed by atoms with Gasteiger partial charge in [0.15, 0.2) is 11.6 Å². The summed E-state index contributed by atoms with van der Waals surface area (Å²) in [7, 11) is 1.63. The van der Waals surface area contributed by atoms with E-state index in [1.165, 1.54) is 41.8 Å². The molecule has 0 N–H and O–H groups in total. The minimum atomic E-state index is -4.69. The number of alkyl halides is 3. The number of fused-ring (bicyclic) bond motifs is 2. The van der Waals surface area contributed by atoms with Crippen molar-refractivity contribution in [3.63, 3.8) is 0 Å². The van der Waals surface area contributed by atoms with Crippen molar-refractivity contribution in [2.24, 2.45) is 7.05 Å². The molecule has 0 saturated heterocycles. The Balaban J connectivity index is 1.52. The highest BCUT2D eigenvalue weighted by molar-refractivity contribution is 9.10. The van der Waals surface area contributed by atoms with Crippen LogP contribution in [0, 0.1) is 25.5 Å². The molecule has 1 aliphatic rings. The molecule has 2 aromatic carbocycles. The van der Waals surface area contributed by atoms with Crippen molar-refractivity contribution < 1.29 is 26.7 Å². The summed E-state index contributed by atoms with van der Waals surface area (Å²) in [5, 5.41) is 4.22. The average Bonchev–Trinajstić information content (AvgIpc) is 3.46. The van der Waals surface area contributed by atoms with E-state index in [2.05, 4.69) is 31.0 Å². The number of halogens is 6. The molecule has 0 spiro atoms. The number of rotatable bonds is 3. The highest BCUT2D eigenvalue weighted by Gasteiger charge is 2.36. The van der Waals surface area contributed by atoms with Crippen molar-refractivity contribution in [3.8, 4) is 11.6 Å². The second-order valence-corrected chi connectivity index (χ2v) is 11.6. The molecule has 44 heavy (non-hydrogen) atoms. The third-order valence-electron chi connectivity index (χ3n) is 7.78. The molecule has 1 unspecified atom stereocenters. The van der Waals surface area contributed by atoms with Crippen molar-refractivity contribution in [2.75, 3.05) is 0 Å². The van der Waals surface area contributed by atoms with Crippen LogP contribution < -0.4 is 5.56 Å². The molecule has 5 aromatic rings. The van der Waals surface area contributed by atoms with Crippen molar-refractivity contribution in [1.82, 2.24) is 33.8 Å². The van der Waals surface area contributed by atoms with Gasteiger partial charge in [0.05, 0.1) is 46.7 Å². The van der Waals surface area contributed by atoms with Gasteiger partial charge in [-0.15, -0.1) is 0 Å². The largest absolute Gasteiger partial charge is 0.417 e. The van der Waals surface area contributed by atoms with Gasteiger partial charge in [-0.05, 0) is 51.5 Å². The van der Waals surface area contributed by atoms with Crippen LogP contribution >= 0.6 is 15.9 Å². The van der Waals surface area contributed by atoms with Gasteiger partial charge in [0, 0.05) is 34.8 Å². The van der Waals surface area contributed by atoms with Gasteiger partial charge in [-0.2, -0.15) is 18.3 Å². The lowest BCUT2D eigenvalue weighted by molar-refractivity contribution is -0.138. The zero-order valence-corrected chi connectivity index (χ0v) is 25.3. The Hall–Kier alpha value is -4.40. The Morgan fingerprint density at radius 3 is 2.50 bits per heavy atom. The van der Waals surface area contributed by atoms with Gasteiger partial charge < -0.3 is 9.47 Å². The van der Waals surface area contributed by atoms with Gasteiger partial charge in [-0.25, -0.2) is 28.0 Å². The summed E-state index contributed by atoms with van der Waals surface area (Å²) in [6.45, 7) is 4.33. The van der Waals surface area contributed by atoms with Gasteiger partial charge in [0.1, 0.15) is 5.52 Å². The number of nitrogens with zero attached hydrogens (tertiary/aromatic N) is 7. The standard InChI is InChI=1S/C29H23BrF5N7O2/c1-13-7-18-23(11-40(13)26(43)16-5-6-20(30)19(8-16)29(33,34)35)37-28(42-15(3)24(32)14(2)38-42)41(27(18)44)17-9-21(31)25-22(10-17)36-12-39(25)4/h5-6,8-10,12-13H,7,11H2,1-4H3. The quantitative estimate of drug-likeness (QED) is 0.233. The Bertz CT molecular complexity index is 2060. The zero-order valence-electron chi connectivity index (χ0n) is 23.7. The van der Waals surface area contributed by atoms with E-state index >= 15 is 4.39 Å². The van der Waals surface area contributed by atoms with Crippen LogP contribution in [0.2, 0.25) is 0 Å². The third-order valence-corrected chi connectivity index (χ3v) is 8.47. The number of benzene rings is 2. The normalized spacial score (nSPS) is 15.2. The van der Waals surface area contributed by atoms with Crippen molar-refractivity contribution in [1.29, 1.82) is 0 Å². The fraction of sp³-hybridized carbons (Fsp3) is 0.276. The zero-order chi connectivity index (χ0) is 31.8. The van der Waals surface area contributed by atoms with Gasteiger partial charge >= 0.3 is 6.18 Å². The van der Waals surface area contributed by atoms with Crippen LogP contribution in [0.5, 0.6) is 0 Å². The highest BCUT2D eigenvalue weighted by Crippen LogP contribution is 2.36. The van der Waals surface area contributed by atoms with Gasteiger partial charge in [0.2, 0.25) is 5.95 Å². The van der Waals surface area contributed by atoms with Gasteiger partial charge in [-0.1, -0.05) is 15.9 Å². The summed E-state index contributed by atoms with van der Waals surface area (Å²) in [5.41, 5.74) is -0.750. The number of hydrogen-bond acceptors (Lipinski definition) is 5. The Kier molecular flexibility index (Phi) is 6.98. The first-order valence-electron chi connectivity index (χ1n) is 13.3. The molecule has 0 bridgehead atoms. The van der Waals surface area contributed by atoms with E-state index in [4.69, 9.17) is 0 Å². The van der Waals surface area contributed by atoms with E-state index < -0.39 is 40.9 Å². The molecule has 0 aliphatic carbocycles. The lowest BCUT2D eigenvalue weighted by Gasteiger charge is -2.34. The lowest BCUT2D eigenvalue weighted by atomic mass is 9.98. The molecule has 1 atom stereocenters. The fourth-order valence-corrected chi connectivity index (χ4v) is 5.98. The van der Waals surface area contributed by atoms with Crippen LogP contribution in [-0.4, -0.2) is 45.7 Å². The van der Waals surface area contributed by atoms with Crippen LogP contribution in [0.15, 0.2) is 45.9 Å². The van der Waals surface area contributed by atoms with E-state index in [9.17, 15) is 27.2 Å². The Labute approximate surface area is 254 Å². The minimum Gasteiger partial charge on any atom is -0.331 e.